The number of allylic oxidation sites excluding steroid dienone is 1. The maximum absolute atomic E-state index is 13.9. The highest BCUT2D eigenvalue weighted by Gasteiger charge is 2.26. The lowest BCUT2D eigenvalue weighted by Crippen LogP contribution is -2.16. The molecular formula is C21H19FN6O3. The number of nitro benzene ring substituents is 1. The van der Waals surface area contributed by atoms with Crippen molar-refractivity contribution < 1.29 is 14.1 Å². The summed E-state index contributed by atoms with van der Waals surface area (Å²) < 4.78 is 19.1. The SMILES string of the molecule is CC/C=C1/Nc2ccccc2N1c1ccnc(Nc2cc([N+](=O)[O-])c(F)cc2OC)n1. The predicted molar refractivity (Wildman–Crippen MR) is 115 cm³/mol. The molecule has 4 rings (SSSR count). The molecule has 9 nitrogen and oxygen atoms in total. The summed E-state index contributed by atoms with van der Waals surface area (Å²) in [5.74, 6) is 0.735. The number of halogens is 1. The fraction of sp³-hybridized carbons (Fsp3) is 0.143. The van der Waals surface area contributed by atoms with E-state index in [-0.39, 0.29) is 17.4 Å². The smallest absolute Gasteiger partial charge is 0.307 e. The van der Waals surface area contributed by atoms with Gasteiger partial charge >= 0.3 is 5.69 Å². The maximum Gasteiger partial charge on any atom is 0.307 e. The number of fused-ring (bicyclic) bond motifs is 1. The third-order valence-corrected chi connectivity index (χ3v) is 4.63. The Labute approximate surface area is 177 Å². The Morgan fingerprint density at radius 2 is 2.13 bits per heavy atom. The van der Waals surface area contributed by atoms with Crippen LogP contribution in [0, 0.1) is 15.9 Å². The van der Waals surface area contributed by atoms with Crippen molar-refractivity contribution in [3.8, 4) is 5.75 Å². The highest BCUT2D eigenvalue weighted by molar-refractivity contribution is 5.86. The summed E-state index contributed by atoms with van der Waals surface area (Å²) in [4.78, 5) is 21.0. The molecule has 2 heterocycles. The van der Waals surface area contributed by atoms with Crippen LogP contribution in [0.25, 0.3) is 0 Å². The van der Waals surface area contributed by atoms with Gasteiger partial charge in [-0.05, 0) is 30.7 Å². The second-order valence-corrected chi connectivity index (χ2v) is 6.60. The van der Waals surface area contributed by atoms with Crippen molar-refractivity contribution in [3.05, 3.63) is 76.5 Å². The Balaban J connectivity index is 1.72. The van der Waals surface area contributed by atoms with Crippen LogP contribution in [0.2, 0.25) is 0 Å². The fourth-order valence-corrected chi connectivity index (χ4v) is 3.28. The Bertz CT molecular complexity index is 1180. The van der Waals surface area contributed by atoms with Crippen LogP contribution in [-0.4, -0.2) is 22.0 Å². The molecule has 10 heteroatoms. The normalized spacial score (nSPS) is 13.6. The number of rotatable bonds is 6. The summed E-state index contributed by atoms with van der Waals surface area (Å²) in [5, 5.41) is 17.4. The first-order chi connectivity index (χ1) is 15.0. The molecule has 0 amide bonds. The summed E-state index contributed by atoms with van der Waals surface area (Å²) in [6, 6.07) is 11.6. The van der Waals surface area contributed by atoms with Crippen LogP contribution in [0.3, 0.4) is 0 Å². The van der Waals surface area contributed by atoms with E-state index in [2.05, 4.69) is 20.6 Å². The van der Waals surface area contributed by atoms with Crippen LogP contribution < -0.4 is 20.3 Å². The second-order valence-electron chi connectivity index (χ2n) is 6.60. The lowest BCUT2D eigenvalue weighted by molar-refractivity contribution is -0.387. The molecule has 1 aromatic heterocycles. The van der Waals surface area contributed by atoms with Crippen molar-refractivity contribution in [1.82, 2.24) is 9.97 Å². The van der Waals surface area contributed by atoms with Gasteiger partial charge in [-0.2, -0.15) is 9.37 Å². The molecule has 0 aliphatic carbocycles. The maximum atomic E-state index is 13.9. The van der Waals surface area contributed by atoms with Crippen molar-refractivity contribution in [2.45, 2.75) is 13.3 Å². The number of para-hydroxylation sites is 2. The van der Waals surface area contributed by atoms with Gasteiger partial charge in [0.05, 0.1) is 29.1 Å². The molecule has 31 heavy (non-hydrogen) atoms. The number of hydrogen-bond donors (Lipinski definition) is 2. The Morgan fingerprint density at radius 3 is 2.87 bits per heavy atom. The minimum Gasteiger partial charge on any atom is -0.494 e. The van der Waals surface area contributed by atoms with Gasteiger partial charge in [0, 0.05) is 18.3 Å². The average molecular weight is 422 g/mol. The van der Waals surface area contributed by atoms with E-state index < -0.39 is 16.4 Å². The van der Waals surface area contributed by atoms with Gasteiger partial charge in [-0.1, -0.05) is 19.1 Å². The number of aromatic nitrogens is 2. The minimum absolute atomic E-state index is 0.0943. The number of ether oxygens (including phenoxy) is 1. The summed E-state index contributed by atoms with van der Waals surface area (Å²) in [7, 11) is 1.34. The largest absolute Gasteiger partial charge is 0.494 e. The number of benzene rings is 2. The van der Waals surface area contributed by atoms with E-state index in [1.54, 1.807) is 12.3 Å². The highest BCUT2D eigenvalue weighted by atomic mass is 19.1. The minimum atomic E-state index is -0.990. The van der Waals surface area contributed by atoms with E-state index >= 15 is 0 Å². The van der Waals surface area contributed by atoms with Gasteiger partial charge in [0.15, 0.2) is 0 Å². The third-order valence-electron chi connectivity index (χ3n) is 4.63. The first-order valence-electron chi connectivity index (χ1n) is 9.50. The molecule has 1 aliphatic rings. The van der Waals surface area contributed by atoms with E-state index in [1.165, 1.54) is 7.11 Å². The Kier molecular flexibility index (Phi) is 5.35. The number of nitrogens with one attached hydrogen (secondary N) is 2. The molecule has 0 fully saturated rings. The van der Waals surface area contributed by atoms with E-state index in [1.807, 2.05) is 42.2 Å². The molecular weight excluding hydrogens is 403 g/mol. The predicted octanol–water partition coefficient (Wildman–Crippen LogP) is 5.09. The number of nitro groups is 1. The molecule has 0 unspecified atom stereocenters. The van der Waals surface area contributed by atoms with Crippen molar-refractivity contribution in [2.75, 3.05) is 22.6 Å². The van der Waals surface area contributed by atoms with Crippen LogP contribution in [0.5, 0.6) is 5.75 Å². The first kappa shape index (κ1) is 20.1. The number of hydrogen-bond acceptors (Lipinski definition) is 8. The molecule has 2 N–H and O–H groups in total. The monoisotopic (exact) mass is 422 g/mol. The van der Waals surface area contributed by atoms with Crippen molar-refractivity contribution in [1.29, 1.82) is 0 Å². The fourth-order valence-electron chi connectivity index (χ4n) is 3.28. The molecule has 1 aliphatic heterocycles. The summed E-state index contributed by atoms with van der Waals surface area (Å²) in [6.07, 6.45) is 4.43. The third kappa shape index (κ3) is 3.82. The van der Waals surface area contributed by atoms with Crippen molar-refractivity contribution in [3.63, 3.8) is 0 Å². The zero-order valence-electron chi connectivity index (χ0n) is 16.8. The second kappa shape index (κ2) is 8.27. The van der Waals surface area contributed by atoms with Gasteiger partial charge < -0.3 is 15.4 Å². The lowest BCUT2D eigenvalue weighted by Gasteiger charge is -2.20. The lowest BCUT2D eigenvalue weighted by atomic mass is 10.2. The van der Waals surface area contributed by atoms with Crippen LogP contribution >= 0.6 is 0 Å². The molecule has 2 aromatic carbocycles. The zero-order valence-corrected chi connectivity index (χ0v) is 16.8. The molecule has 0 bridgehead atoms. The van der Waals surface area contributed by atoms with Crippen LogP contribution in [0.1, 0.15) is 13.3 Å². The molecule has 0 saturated heterocycles. The molecule has 0 spiro atoms. The number of methoxy groups -OCH3 is 1. The van der Waals surface area contributed by atoms with E-state index in [4.69, 9.17) is 4.74 Å². The van der Waals surface area contributed by atoms with Crippen LogP contribution in [0.15, 0.2) is 60.6 Å². The van der Waals surface area contributed by atoms with Crippen molar-refractivity contribution in [2.24, 2.45) is 0 Å². The number of anilines is 5. The average Bonchev–Trinajstić information content (AvgIpc) is 3.13. The quantitative estimate of drug-likeness (QED) is 0.418. The molecule has 3 aromatic rings. The first-order valence-corrected chi connectivity index (χ1v) is 9.50. The van der Waals surface area contributed by atoms with Gasteiger partial charge in [0.25, 0.3) is 0 Å². The Morgan fingerprint density at radius 1 is 1.32 bits per heavy atom. The van der Waals surface area contributed by atoms with Gasteiger partial charge in [-0.15, -0.1) is 0 Å². The van der Waals surface area contributed by atoms with E-state index in [0.29, 0.717) is 5.82 Å². The summed E-state index contributed by atoms with van der Waals surface area (Å²) in [6.45, 7) is 2.04. The van der Waals surface area contributed by atoms with Gasteiger partial charge in [-0.25, -0.2) is 4.98 Å². The van der Waals surface area contributed by atoms with Crippen LogP contribution in [-0.2, 0) is 0 Å². The van der Waals surface area contributed by atoms with Crippen molar-refractivity contribution >= 4 is 34.5 Å². The molecule has 0 atom stereocenters. The molecule has 0 saturated carbocycles. The molecule has 158 valence electrons. The summed E-state index contributed by atoms with van der Waals surface area (Å²) in [5.41, 5.74) is 1.38. The topological polar surface area (TPSA) is 105 Å². The number of nitrogens with zero attached hydrogens (tertiary/aromatic N) is 4. The van der Waals surface area contributed by atoms with E-state index in [0.717, 1.165) is 35.7 Å². The van der Waals surface area contributed by atoms with Gasteiger partial charge in [-0.3, -0.25) is 15.0 Å². The van der Waals surface area contributed by atoms with E-state index in [9.17, 15) is 14.5 Å². The zero-order chi connectivity index (χ0) is 22.0. The van der Waals surface area contributed by atoms with Gasteiger partial charge in [0.2, 0.25) is 11.8 Å². The van der Waals surface area contributed by atoms with Gasteiger partial charge in [0.1, 0.15) is 17.4 Å². The van der Waals surface area contributed by atoms with Crippen LogP contribution in [0.4, 0.5) is 38.9 Å². The standard InChI is InChI=1S/C21H19FN6O3/c1-3-6-19-24-14-7-4-5-8-16(14)27(19)20-9-10-23-21(26-20)25-15-12-17(28(29)30)13(22)11-18(15)31-2/h4-12,24H,3H2,1-2H3,(H,23,25,26)/b19-6-. The Hall–Kier alpha value is -4.21. The highest BCUT2D eigenvalue weighted by Crippen LogP contribution is 2.41. The molecule has 0 radical (unpaired) electrons. The summed E-state index contributed by atoms with van der Waals surface area (Å²) >= 11 is 0.